The fourth-order valence-corrected chi connectivity index (χ4v) is 3.12. The molecular weight excluding hydrogens is 338 g/mol. The van der Waals surface area contributed by atoms with Crippen molar-refractivity contribution in [1.29, 1.82) is 0 Å². The zero-order valence-corrected chi connectivity index (χ0v) is 15.5. The average molecular weight is 362 g/mol. The van der Waals surface area contributed by atoms with Crippen molar-refractivity contribution in [1.82, 2.24) is 0 Å². The molecule has 0 saturated heterocycles. The molecule has 0 heterocycles. The number of benzene rings is 3. The summed E-state index contributed by atoms with van der Waals surface area (Å²) < 4.78 is 5.75. The summed E-state index contributed by atoms with van der Waals surface area (Å²) in [6.45, 7) is 1.44. The number of hydrogen-bond donors (Lipinski definition) is 1. The lowest BCUT2D eigenvalue weighted by atomic mass is 9.98. The van der Waals surface area contributed by atoms with E-state index in [2.05, 4.69) is 42.5 Å². The second-order valence-corrected chi connectivity index (χ2v) is 6.69. The van der Waals surface area contributed by atoms with E-state index >= 15 is 0 Å². The molecule has 0 saturated carbocycles. The normalized spacial score (nSPS) is 10.6. The highest BCUT2D eigenvalue weighted by atomic mass is 32.1. The van der Waals surface area contributed by atoms with Crippen LogP contribution in [0.3, 0.4) is 0 Å². The highest BCUT2D eigenvalue weighted by Gasteiger charge is 2.06. The Bertz CT molecular complexity index is 844. The minimum Gasteiger partial charge on any atom is -0.389 e. The molecule has 0 unspecified atom stereocenters. The van der Waals surface area contributed by atoms with Gasteiger partial charge in [-0.15, -0.1) is 0 Å². The minimum atomic E-state index is 0.431. The van der Waals surface area contributed by atoms with Crippen molar-refractivity contribution in [3.8, 4) is 11.1 Å². The lowest BCUT2D eigenvalue weighted by molar-refractivity contribution is 0.118. The molecule has 3 aromatic carbocycles. The van der Waals surface area contributed by atoms with E-state index in [-0.39, 0.29) is 0 Å². The summed E-state index contributed by atoms with van der Waals surface area (Å²) >= 11 is 5.16. The number of ether oxygens (including phenoxy) is 1. The van der Waals surface area contributed by atoms with Crippen molar-refractivity contribution in [2.24, 2.45) is 5.73 Å². The SMILES string of the molecule is NC(=S)c1ccccc1-c1ccc(CCCOCc2ccccc2)cc1. The molecule has 26 heavy (non-hydrogen) atoms. The molecule has 3 aromatic rings. The molecule has 0 atom stereocenters. The first-order valence-corrected chi connectivity index (χ1v) is 9.24. The lowest BCUT2D eigenvalue weighted by Crippen LogP contribution is -2.10. The predicted octanol–water partition coefficient (Wildman–Crippen LogP) is 5.14. The van der Waals surface area contributed by atoms with Crippen LogP contribution in [0.15, 0.2) is 78.9 Å². The fourth-order valence-electron chi connectivity index (χ4n) is 2.94. The molecule has 0 radical (unpaired) electrons. The van der Waals surface area contributed by atoms with Gasteiger partial charge in [0, 0.05) is 12.2 Å². The fraction of sp³-hybridized carbons (Fsp3) is 0.174. The molecule has 3 rings (SSSR count). The van der Waals surface area contributed by atoms with E-state index in [1.165, 1.54) is 11.1 Å². The summed E-state index contributed by atoms with van der Waals surface area (Å²) in [5.74, 6) is 0. The van der Waals surface area contributed by atoms with Crippen LogP contribution in [0, 0.1) is 0 Å². The Labute approximate surface area is 160 Å². The lowest BCUT2D eigenvalue weighted by Gasteiger charge is -2.09. The number of aryl methyl sites for hydroxylation is 1. The molecule has 0 aliphatic rings. The maximum atomic E-state index is 5.84. The summed E-state index contributed by atoms with van der Waals surface area (Å²) in [4.78, 5) is 0.431. The highest BCUT2D eigenvalue weighted by molar-refractivity contribution is 7.80. The van der Waals surface area contributed by atoms with Crippen LogP contribution in [0.5, 0.6) is 0 Å². The molecule has 0 aliphatic carbocycles. The van der Waals surface area contributed by atoms with Gasteiger partial charge >= 0.3 is 0 Å². The molecule has 2 nitrogen and oxygen atoms in total. The van der Waals surface area contributed by atoms with E-state index in [0.29, 0.717) is 11.6 Å². The van der Waals surface area contributed by atoms with E-state index in [1.807, 2.05) is 36.4 Å². The topological polar surface area (TPSA) is 35.2 Å². The van der Waals surface area contributed by atoms with Crippen LogP contribution in [0.4, 0.5) is 0 Å². The molecule has 0 aromatic heterocycles. The third kappa shape index (κ3) is 5.01. The third-order valence-electron chi connectivity index (χ3n) is 4.32. The first-order valence-electron chi connectivity index (χ1n) is 8.84. The smallest absolute Gasteiger partial charge is 0.104 e. The summed E-state index contributed by atoms with van der Waals surface area (Å²) in [5.41, 5.74) is 11.5. The average Bonchev–Trinajstić information content (AvgIpc) is 2.69. The molecule has 3 heteroatoms. The van der Waals surface area contributed by atoms with Crippen molar-refractivity contribution >= 4 is 17.2 Å². The Kier molecular flexibility index (Phi) is 6.53. The second kappa shape index (κ2) is 9.27. The van der Waals surface area contributed by atoms with E-state index in [4.69, 9.17) is 22.7 Å². The van der Waals surface area contributed by atoms with Gasteiger partial charge in [-0.1, -0.05) is 91.1 Å². The first-order chi connectivity index (χ1) is 12.7. The molecule has 2 N–H and O–H groups in total. The number of nitrogens with two attached hydrogens (primary N) is 1. The van der Waals surface area contributed by atoms with Gasteiger partial charge in [0.25, 0.3) is 0 Å². The monoisotopic (exact) mass is 361 g/mol. The molecule has 132 valence electrons. The van der Waals surface area contributed by atoms with Crippen LogP contribution >= 0.6 is 12.2 Å². The first kappa shape index (κ1) is 18.3. The van der Waals surface area contributed by atoms with Crippen molar-refractivity contribution in [2.45, 2.75) is 19.4 Å². The standard InChI is InChI=1S/C23H23NOS/c24-23(26)22-11-5-4-10-21(22)20-14-12-18(13-15-20)9-6-16-25-17-19-7-2-1-3-8-19/h1-5,7-8,10-15H,6,9,16-17H2,(H2,24,26). The molecule has 0 spiro atoms. The number of hydrogen-bond acceptors (Lipinski definition) is 2. The maximum Gasteiger partial charge on any atom is 0.104 e. The van der Waals surface area contributed by atoms with Crippen LogP contribution < -0.4 is 5.73 Å². The van der Waals surface area contributed by atoms with E-state index in [0.717, 1.165) is 36.1 Å². The van der Waals surface area contributed by atoms with Gasteiger partial charge in [-0.25, -0.2) is 0 Å². The largest absolute Gasteiger partial charge is 0.389 e. The molecular formula is C23H23NOS. The van der Waals surface area contributed by atoms with Gasteiger partial charge in [0.2, 0.25) is 0 Å². The Balaban J connectivity index is 1.51. The maximum absolute atomic E-state index is 5.84. The van der Waals surface area contributed by atoms with Gasteiger partial charge in [-0.3, -0.25) is 0 Å². The molecule has 0 aliphatic heterocycles. The summed E-state index contributed by atoms with van der Waals surface area (Å²) in [5, 5.41) is 0. The van der Waals surface area contributed by atoms with Crippen LogP contribution in [0.25, 0.3) is 11.1 Å². The van der Waals surface area contributed by atoms with Gasteiger partial charge in [0.05, 0.1) is 6.61 Å². The molecule has 0 amide bonds. The number of rotatable bonds is 8. The van der Waals surface area contributed by atoms with Crippen LogP contribution in [-0.4, -0.2) is 11.6 Å². The van der Waals surface area contributed by atoms with Crippen molar-refractivity contribution < 1.29 is 4.74 Å². The van der Waals surface area contributed by atoms with Crippen LogP contribution in [-0.2, 0) is 17.8 Å². The van der Waals surface area contributed by atoms with Crippen molar-refractivity contribution in [3.63, 3.8) is 0 Å². The third-order valence-corrected chi connectivity index (χ3v) is 4.54. The summed E-state index contributed by atoms with van der Waals surface area (Å²) in [6.07, 6.45) is 2.02. The summed E-state index contributed by atoms with van der Waals surface area (Å²) in [7, 11) is 0. The zero-order valence-electron chi connectivity index (χ0n) is 14.7. The van der Waals surface area contributed by atoms with Gasteiger partial charge in [-0.05, 0) is 35.1 Å². The Morgan fingerprint density at radius 2 is 1.50 bits per heavy atom. The van der Waals surface area contributed by atoms with Crippen molar-refractivity contribution in [3.05, 3.63) is 95.6 Å². The van der Waals surface area contributed by atoms with Crippen LogP contribution in [0.2, 0.25) is 0 Å². The van der Waals surface area contributed by atoms with Crippen LogP contribution in [0.1, 0.15) is 23.1 Å². The number of thiocarbonyl (C=S) groups is 1. The predicted molar refractivity (Wildman–Crippen MR) is 112 cm³/mol. The Morgan fingerprint density at radius 1 is 0.808 bits per heavy atom. The van der Waals surface area contributed by atoms with Crippen molar-refractivity contribution in [2.75, 3.05) is 6.61 Å². The van der Waals surface area contributed by atoms with Gasteiger partial charge < -0.3 is 10.5 Å². The van der Waals surface area contributed by atoms with E-state index < -0.39 is 0 Å². The van der Waals surface area contributed by atoms with E-state index in [9.17, 15) is 0 Å². The quantitative estimate of drug-likeness (QED) is 0.446. The molecule has 0 bridgehead atoms. The van der Waals surface area contributed by atoms with Gasteiger partial charge in [0.15, 0.2) is 0 Å². The summed E-state index contributed by atoms with van der Waals surface area (Å²) in [6, 6.07) is 26.9. The molecule has 0 fully saturated rings. The second-order valence-electron chi connectivity index (χ2n) is 6.25. The van der Waals surface area contributed by atoms with E-state index in [1.54, 1.807) is 0 Å². The highest BCUT2D eigenvalue weighted by Crippen LogP contribution is 2.24. The Hall–Kier alpha value is -2.49. The van der Waals surface area contributed by atoms with Gasteiger partial charge in [0.1, 0.15) is 4.99 Å². The minimum absolute atomic E-state index is 0.431. The zero-order chi connectivity index (χ0) is 18.2. The van der Waals surface area contributed by atoms with Gasteiger partial charge in [-0.2, -0.15) is 0 Å². The Morgan fingerprint density at radius 3 is 2.23 bits per heavy atom.